The Morgan fingerprint density at radius 1 is 1.22 bits per heavy atom. The molecule has 5 nitrogen and oxygen atoms in total. The van der Waals surface area contributed by atoms with Gasteiger partial charge in [0.15, 0.2) is 0 Å². The van der Waals surface area contributed by atoms with Gasteiger partial charge in [-0.3, -0.25) is 0 Å². The number of hydrogen-bond donors (Lipinski definition) is 3. The van der Waals surface area contributed by atoms with Crippen LogP contribution in [0.1, 0.15) is 46.1 Å². The highest BCUT2D eigenvalue weighted by molar-refractivity contribution is 5.67. The predicted octanol–water partition coefficient (Wildman–Crippen LogP) is 3.22. The van der Waals surface area contributed by atoms with Gasteiger partial charge in [0.2, 0.25) is 0 Å². The summed E-state index contributed by atoms with van der Waals surface area (Å²) >= 11 is 0. The molecule has 0 bridgehead atoms. The second kappa shape index (κ2) is 9.40. The lowest BCUT2D eigenvalue weighted by molar-refractivity contribution is 0.0527. The Morgan fingerprint density at radius 2 is 1.87 bits per heavy atom. The molecule has 0 aliphatic rings. The molecule has 1 rings (SSSR count). The summed E-state index contributed by atoms with van der Waals surface area (Å²) in [5.74, 6) is 0.303. The zero-order chi connectivity index (χ0) is 17.3. The topological polar surface area (TPSA) is 70.6 Å². The smallest absolute Gasteiger partial charge is 0.407 e. The van der Waals surface area contributed by atoms with E-state index in [0.717, 1.165) is 25.8 Å². The number of benzene rings is 1. The normalized spacial score (nSPS) is 12.7. The van der Waals surface area contributed by atoms with Crippen molar-refractivity contribution in [3.05, 3.63) is 29.8 Å². The lowest BCUT2D eigenvalue weighted by Crippen LogP contribution is -2.35. The van der Waals surface area contributed by atoms with Crippen LogP contribution in [0.3, 0.4) is 0 Å². The van der Waals surface area contributed by atoms with E-state index in [4.69, 9.17) is 4.74 Å². The van der Waals surface area contributed by atoms with Crippen LogP contribution in [0, 0.1) is 0 Å². The lowest BCUT2D eigenvalue weighted by Gasteiger charge is -2.19. The highest BCUT2D eigenvalue weighted by Crippen LogP contribution is 2.11. The van der Waals surface area contributed by atoms with Crippen LogP contribution in [-0.4, -0.2) is 35.9 Å². The Labute approximate surface area is 139 Å². The summed E-state index contributed by atoms with van der Waals surface area (Å²) in [5.41, 5.74) is 0.772. The predicted molar refractivity (Wildman–Crippen MR) is 92.7 cm³/mol. The maximum absolute atomic E-state index is 11.5. The zero-order valence-corrected chi connectivity index (χ0v) is 14.7. The highest BCUT2D eigenvalue weighted by atomic mass is 16.6. The van der Waals surface area contributed by atoms with E-state index in [1.807, 2.05) is 32.9 Å². The molecule has 1 amide bonds. The first-order valence-corrected chi connectivity index (χ1v) is 8.24. The first-order chi connectivity index (χ1) is 10.8. The summed E-state index contributed by atoms with van der Waals surface area (Å²) in [6.07, 6.45) is 2.51. The first-order valence-electron chi connectivity index (χ1n) is 8.24. The lowest BCUT2D eigenvalue weighted by atomic mass is 10.1. The van der Waals surface area contributed by atoms with Crippen molar-refractivity contribution in [1.82, 2.24) is 10.6 Å². The molecule has 5 heteroatoms. The molecule has 1 atom stereocenters. The summed E-state index contributed by atoms with van der Waals surface area (Å²) in [6, 6.07) is 7.75. The molecule has 1 aromatic rings. The van der Waals surface area contributed by atoms with Crippen molar-refractivity contribution in [1.29, 1.82) is 0 Å². The van der Waals surface area contributed by atoms with E-state index in [9.17, 15) is 9.90 Å². The van der Waals surface area contributed by atoms with E-state index in [-0.39, 0.29) is 6.09 Å². The van der Waals surface area contributed by atoms with Crippen molar-refractivity contribution in [3.63, 3.8) is 0 Å². The first kappa shape index (κ1) is 19.3. The molecule has 1 aromatic carbocycles. The zero-order valence-electron chi connectivity index (χ0n) is 14.7. The van der Waals surface area contributed by atoms with Crippen molar-refractivity contribution < 1.29 is 14.6 Å². The number of hydrogen-bond acceptors (Lipinski definition) is 4. The third-order valence-corrected chi connectivity index (χ3v) is 3.32. The summed E-state index contributed by atoms with van der Waals surface area (Å²) in [4.78, 5) is 11.5. The minimum atomic E-state index is -0.453. The molecular weight excluding hydrogens is 292 g/mol. The van der Waals surface area contributed by atoms with Gasteiger partial charge in [0, 0.05) is 12.6 Å². The minimum Gasteiger partial charge on any atom is -0.508 e. The molecule has 0 aromatic heterocycles. The SMILES string of the molecule is CC(CCc1ccc(O)cc1)NCCCNC(=O)OC(C)(C)C. The number of amides is 1. The van der Waals surface area contributed by atoms with Crippen LogP contribution in [0.15, 0.2) is 24.3 Å². The molecule has 0 aliphatic heterocycles. The van der Waals surface area contributed by atoms with Crippen LogP contribution in [0.5, 0.6) is 5.75 Å². The van der Waals surface area contributed by atoms with Gasteiger partial charge in [0.25, 0.3) is 0 Å². The number of carbonyl (C=O) groups is 1. The summed E-state index contributed by atoms with van der Waals surface area (Å²) < 4.78 is 5.17. The van der Waals surface area contributed by atoms with Gasteiger partial charge in [-0.15, -0.1) is 0 Å². The molecular formula is C18H30N2O3. The number of carbonyl (C=O) groups excluding carboxylic acids is 1. The monoisotopic (exact) mass is 322 g/mol. The fourth-order valence-corrected chi connectivity index (χ4v) is 2.09. The average molecular weight is 322 g/mol. The Balaban J connectivity index is 2.07. The number of alkyl carbamates (subject to hydrolysis) is 1. The molecule has 23 heavy (non-hydrogen) atoms. The van der Waals surface area contributed by atoms with Gasteiger partial charge in [-0.1, -0.05) is 12.1 Å². The van der Waals surface area contributed by atoms with Crippen LogP contribution in [-0.2, 0) is 11.2 Å². The second-order valence-electron chi connectivity index (χ2n) is 6.84. The van der Waals surface area contributed by atoms with Crippen molar-refractivity contribution in [2.45, 2.75) is 58.6 Å². The van der Waals surface area contributed by atoms with E-state index in [1.54, 1.807) is 12.1 Å². The third kappa shape index (κ3) is 9.79. The van der Waals surface area contributed by atoms with Crippen LogP contribution < -0.4 is 10.6 Å². The van der Waals surface area contributed by atoms with Gasteiger partial charge in [-0.2, -0.15) is 0 Å². The van der Waals surface area contributed by atoms with Gasteiger partial charge in [0.05, 0.1) is 0 Å². The second-order valence-corrected chi connectivity index (χ2v) is 6.84. The van der Waals surface area contributed by atoms with E-state index in [1.165, 1.54) is 5.56 Å². The molecule has 0 radical (unpaired) electrons. The van der Waals surface area contributed by atoms with Crippen LogP contribution in [0.25, 0.3) is 0 Å². The minimum absolute atomic E-state index is 0.303. The van der Waals surface area contributed by atoms with Crippen molar-refractivity contribution >= 4 is 6.09 Å². The average Bonchev–Trinajstić information content (AvgIpc) is 2.44. The van der Waals surface area contributed by atoms with Gasteiger partial charge < -0.3 is 20.5 Å². The molecule has 1 unspecified atom stereocenters. The highest BCUT2D eigenvalue weighted by Gasteiger charge is 2.15. The Hall–Kier alpha value is -1.75. The number of rotatable bonds is 8. The number of nitrogens with one attached hydrogen (secondary N) is 2. The van der Waals surface area contributed by atoms with Gasteiger partial charge in [-0.05, 0) is 71.2 Å². The summed E-state index contributed by atoms with van der Waals surface area (Å²) in [5, 5.41) is 15.4. The quantitative estimate of drug-likeness (QED) is 0.643. The Kier molecular flexibility index (Phi) is 7.89. The third-order valence-electron chi connectivity index (χ3n) is 3.32. The van der Waals surface area contributed by atoms with E-state index in [0.29, 0.717) is 18.3 Å². The number of aryl methyl sites for hydroxylation is 1. The summed E-state index contributed by atoms with van der Waals surface area (Å²) in [6.45, 7) is 9.17. The van der Waals surface area contributed by atoms with E-state index < -0.39 is 5.60 Å². The number of phenolic OH excluding ortho intramolecular Hbond substituents is 1. The van der Waals surface area contributed by atoms with Crippen LogP contribution >= 0.6 is 0 Å². The fourth-order valence-electron chi connectivity index (χ4n) is 2.09. The van der Waals surface area contributed by atoms with Crippen LogP contribution in [0.4, 0.5) is 4.79 Å². The van der Waals surface area contributed by atoms with E-state index in [2.05, 4.69) is 17.6 Å². The molecule has 0 saturated heterocycles. The summed E-state index contributed by atoms with van der Waals surface area (Å²) in [7, 11) is 0. The number of ether oxygens (including phenoxy) is 1. The molecule has 0 saturated carbocycles. The fraction of sp³-hybridized carbons (Fsp3) is 0.611. The van der Waals surface area contributed by atoms with Crippen molar-refractivity contribution in [2.75, 3.05) is 13.1 Å². The number of aromatic hydroxyl groups is 1. The largest absolute Gasteiger partial charge is 0.508 e. The number of phenols is 1. The van der Waals surface area contributed by atoms with Crippen molar-refractivity contribution in [3.8, 4) is 5.75 Å². The standard InChI is InChI=1S/C18H30N2O3/c1-14(6-7-15-8-10-16(21)11-9-15)19-12-5-13-20-17(22)23-18(2,3)4/h8-11,14,19,21H,5-7,12-13H2,1-4H3,(H,20,22). The molecule has 0 spiro atoms. The van der Waals surface area contributed by atoms with Gasteiger partial charge >= 0.3 is 6.09 Å². The Bertz CT molecular complexity index is 466. The molecule has 3 N–H and O–H groups in total. The molecule has 0 heterocycles. The Morgan fingerprint density at radius 3 is 2.48 bits per heavy atom. The van der Waals surface area contributed by atoms with Gasteiger partial charge in [-0.25, -0.2) is 4.79 Å². The van der Waals surface area contributed by atoms with Gasteiger partial charge in [0.1, 0.15) is 11.4 Å². The van der Waals surface area contributed by atoms with E-state index >= 15 is 0 Å². The maximum atomic E-state index is 11.5. The maximum Gasteiger partial charge on any atom is 0.407 e. The van der Waals surface area contributed by atoms with Crippen molar-refractivity contribution in [2.24, 2.45) is 0 Å². The molecule has 0 fully saturated rings. The van der Waals surface area contributed by atoms with Crippen LogP contribution in [0.2, 0.25) is 0 Å². The molecule has 130 valence electrons. The molecule has 0 aliphatic carbocycles.